The van der Waals surface area contributed by atoms with Gasteiger partial charge in [-0.05, 0) is 17.7 Å². The number of ether oxygens (including phenoxy) is 3. The van der Waals surface area contributed by atoms with Crippen LogP contribution < -0.4 is 4.74 Å². The summed E-state index contributed by atoms with van der Waals surface area (Å²) in [7, 11) is 1.47. The second kappa shape index (κ2) is 6.21. The zero-order valence-electron chi connectivity index (χ0n) is 10.9. The van der Waals surface area contributed by atoms with Gasteiger partial charge < -0.3 is 14.2 Å². The highest BCUT2D eigenvalue weighted by Gasteiger charge is 2.21. The van der Waals surface area contributed by atoms with Gasteiger partial charge in [-0.25, -0.2) is 4.79 Å². The first-order valence-corrected chi connectivity index (χ1v) is 5.59. The molecule has 0 aliphatic heterocycles. The number of carbonyl (C=O) groups is 1. The molecule has 1 aromatic carbocycles. The van der Waals surface area contributed by atoms with Crippen LogP contribution in [0.4, 0.5) is 0 Å². The summed E-state index contributed by atoms with van der Waals surface area (Å²) in [4.78, 5) is 11.5. The molecule has 4 nitrogen and oxygen atoms in total. The maximum atomic E-state index is 11.5. The molecule has 0 aliphatic carbocycles. The first-order chi connectivity index (χ1) is 8.46. The number of rotatable bonds is 6. The molecule has 1 aromatic rings. The second-order valence-corrected chi connectivity index (χ2v) is 4.14. The van der Waals surface area contributed by atoms with Gasteiger partial charge in [0.1, 0.15) is 5.75 Å². The molecule has 0 fully saturated rings. The Labute approximate surface area is 107 Å². The SMILES string of the molecule is C=Cc1ccc(OCC(=O)OC(C)(C)OC)cc1. The van der Waals surface area contributed by atoms with Crippen LogP contribution in [0.1, 0.15) is 19.4 Å². The summed E-state index contributed by atoms with van der Waals surface area (Å²) >= 11 is 0. The van der Waals surface area contributed by atoms with E-state index in [2.05, 4.69) is 6.58 Å². The van der Waals surface area contributed by atoms with Crippen molar-refractivity contribution in [1.82, 2.24) is 0 Å². The fraction of sp³-hybridized carbons (Fsp3) is 0.357. The van der Waals surface area contributed by atoms with Crippen molar-refractivity contribution in [3.63, 3.8) is 0 Å². The predicted molar refractivity (Wildman–Crippen MR) is 69.2 cm³/mol. The molecule has 4 heteroatoms. The Morgan fingerprint density at radius 1 is 1.33 bits per heavy atom. The maximum Gasteiger partial charge on any atom is 0.346 e. The van der Waals surface area contributed by atoms with Crippen molar-refractivity contribution in [2.45, 2.75) is 19.6 Å². The Morgan fingerprint density at radius 2 is 1.94 bits per heavy atom. The lowest BCUT2D eigenvalue weighted by molar-refractivity contribution is -0.207. The lowest BCUT2D eigenvalue weighted by Gasteiger charge is -2.22. The number of esters is 1. The van der Waals surface area contributed by atoms with Gasteiger partial charge in [0.05, 0.1) is 0 Å². The van der Waals surface area contributed by atoms with Gasteiger partial charge in [0.25, 0.3) is 0 Å². The molecule has 0 heterocycles. The third kappa shape index (κ3) is 4.59. The number of hydrogen-bond acceptors (Lipinski definition) is 4. The van der Waals surface area contributed by atoms with Crippen LogP contribution in [0.2, 0.25) is 0 Å². The van der Waals surface area contributed by atoms with Crippen molar-refractivity contribution in [3.05, 3.63) is 36.4 Å². The van der Waals surface area contributed by atoms with Gasteiger partial charge in [0.15, 0.2) is 6.61 Å². The minimum atomic E-state index is -0.937. The van der Waals surface area contributed by atoms with E-state index >= 15 is 0 Å². The molecule has 0 amide bonds. The predicted octanol–water partition coefficient (Wildman–Crippen LogP) is 2.63. The molecule has 0 aromatic heterocycles. The lowest BCUT2D eigenvalue weighted by Crippen LogP contribution is -2.32. The summed E-state index contributed by atoms with van der Waals surface area (Å²) in [5.74, 6) is -0.810. The van der Waals surface area contributed by atoms with E-state index in [0.29, 0.717) is 5.75 Å². The number of carbonyl (C=O) groups excluding carboxylic acids is 1. The summed E-state index contributed by atoms with van der Waals surface area (Å²) in [6.45, 7) is 6.82. The van der Waals surface area contributed by atoms with Gasteiger partial charge in [0.2, 0.25) is 5.79 Å². The van der Waals surface area contributed by atoms with Gasteiger partial charge in [0, 0.05) is 21.0 Å². The van der Waals surface area contributed by atoms with Crippen molar-refractivity contribution < 1.29 is 19.0 Å². The highest BCUT2D eigenvalue weighted by Crippen LogP contribution is 2.14. The molecular weight excluding hydrogens is 232 g/mol. The third-order valence-electron chi connectivity index (χ3n) is 2.32. The molecule has 0 unspecified atom stereocenters. The standard InChI is InChI=1S/C14H18O4/c1-5-11-6-8-12(9-7-11)17-10-13(15)18-14(2,3)16-4/h5-9H,1,10H2,2-4H3. The first-order valence-electron chi connectivity index (χ1n) is 5.59. The number of hydrogen-bond donors (Lipinski definition) is 0. The Morgan fingerprint density at radius 3 is 2.44 bits per heavy atom. The van der Waals surface area contributed by atoms with Crippen LogP contribution >= 0.6 is 0 Å². The van der Waals surface area contributed by atoms with E-state index in [4.69, 9.17) is 14.2 Å². The molecule has 0 aliphatic rings. The summed E-state index contributed by atoms with van der Waals surface area (Å²) in [5, 5.41) is 0. The van der Waals surface area contributed by atoms with Crippen LogP contribution in [0, 0.1) is 0 Å². The minimum Gasteiger partial charge on any atom is -0.482 e. The highest BCUT2D eigenvalue weighted by atomic mass is 16.7. The van der Waals surface area contributed by atoms with Crippen molar-refractivity contribution >= 4 is 12.0 Å². The molecule has 0 radical (unpaired) electrons. The van der Waals surface area contributed by atoms with Crippen molar-refractivity contribution in [1.29, 1.82) is 0 Å². The molecule has 0 atom stereocenters. The van der Waals surface area contributed by atoms with Crippen LogP contribution in [-0.2, 0) is 14.3 Å². The quantitative estimate of drug-likeness (QED) is 0.575. The third-order valence-corrected chi connectivity index (χ3v) is 2.32. The van der Waals surface area contributed by atoms with Crippen LogP contribution in [0.15, 0.2) is 30.8 Å². The highest BCUT2D eigenvalue weighted by molar-refractivity contribution is 5.71. The number of methoxy groups -OCH3 is 1. The summed E-state index contributed by atoms with van der Waals surface area (Å²) in [6.07, 6.45) is 1.74. The molecule has 0 saturated carbocycles. The molecule has 1 rings (SSSR count). The van der Waals surface area contributed by atoms with Gasteiger partial charge >= 0.3 is 5.97 Å². The van der Waals surface area contributed by atoms with E-state index in [-0.39, 0.29) is 6.61 Å². The van der Waals surface area contributed by atoms with Gasteiger partial charge in [-0.1, -0.05) is 24.8 Å². The van der Waals surface area contributed by atoms with Crippen LogP contribution in [0.5, 0.6) is 5.75 Å². The van der Waals surface area contributed by atoms with Crippen LogP contribution in [-0.4, -0.2) is 25.5 Å². The van der Waals surface area contributed by atoms with Gasteiger partial charge in [-0.3, -0.25) is 0 Å². The van der Waals surface area contributed by atoms with Crippen molar-refractivity contribution in [2.75, 3.05) is 13.7 Å². The molecule has 0 bridgehead atoms. The smallest absolute Gasteiger partial charge is 0.346 e. The zero-order chi connectivity index (χ0) is 13.6. The van der Waals surface area contributed by atoms with E-state index in [1.165, 1.54) is 7.11 Å². The molecule has 0 spiro atoms. The topological polar surface area (TPSA) is 44.8 Å². The van der Waals surface area contributed by atoms with E-state index in [0.717, 1.165) is 5.56 Å². The first kappa shape index (κ1) is 14.3. The maximum absolute atomic E-state index is 11.5. The zero-order valence-corrected chi connectivity index (χ0v) is 10.9. The van der Waals surface area contributed by atoms with Gasteiger partial charge in [-0.2, -0.15) is 0 Å². The average molecular weight is 250 g/mol. The van der Waals surface area contributed by atoms with E-state index in [1.54, 1.807) is 32.1 Å². The van der Waals surface area contributed by atoms with E-state index in [1.807, 2.05) is 12.1 Å². The molecule has 0 N–H and O–H groups in total. The summed E-state index contributed by atoms with van der Waals surface area (Å²) in [6, 6.07) is 7.25. The normalized spacial score (nSPS) is 10.8. The Bertz CT molecular complexity index is 406. The summed E-state index contributed by atoms with van der Waals surface area (Å²) < 4.78 is 15.3. The fourth-order valence-electron chi connectivity index (χ4n) is 1.19. The van der Waals surface area contributed by atoms with E-state index in [9.17, 15) is 4.79 Å². The number of benzene rings is 1. The summed E-state index contributed by atoms with van der Waals surface area (Å²) in [5.41, 5.74) is 0.991. The van der Waals surface area contributed by atoms with Crippen molar-refractivity contribution in [2.24, 2.45) is 0 Å². The Balaban J connectivity index is 2.44. The molecular formula is C14H18O4. The Hall–Kier alpha value is -1.81. The monoisotopic (exact) mass is 250 g/mol. The Kier molecular flexibility index (Phi) is 4.92. The molecule has 18 heavy (non-hydrogen) atoms. The van der Waals surface area contributed by atoms with Crippen LogP contribution in [0.25, 0.3) is 6.08 Å². The van der Waals surface area contributed by atoms with Crippen molar-refractivity contribution in [3.8, 4) is 5.75 Å². The largest absolute Gasteiger partial charge is 0.482 e. The lowest BCUT2D eigenvalue weighted by atomic mass is 10.2. The minimum absolute atomic E-state index is 0.153. The molecule has 0 saturated heterocycles. The average Bonchev–Trinajstić information content (AvgIpc) is 2.36. The van der Waals surface area contributed by atoms with Crippen LogP contribution in [0.3, 0.4) is 0 Å². The second-order valence-electron chi connectivity index (χ2n) is 4.14. The van der Waals surface area contributed by atoms with Gasteiger partial charge in [-0.15, -0.1) is 0 Å². The molecule has 98 valence electrons. The van der Waals surface area contributed by atoms with E-state index < -0.39 is 11.8 Å². The fourth-order valence-corrected chi connectivity index (χ4v) is 1.19.